The molecule has 1 aromatic heterocycles. The maximum absolute atomic E-state index is 13.5. The molecule has 152 valence electrons. The highest BCUT2D eigenvalue weighted by atomic mass is 16.2. The van der Waals surface area contributed by atoms with Crippen LogP contribution in [0.1, 0.15) is 23.6 Å². The van der Waals surface area contributed by atoms with Gasteiger partial charge in [-0.1, -0.05) is 48.5 Å². The Morgan fingerprint density at radius 1 is 1.07 bits per heavy atom. The van der Waals surface area contributed by atoms with Crippen LogP contribution in [0.5, 0.6) is 0 Å². The first kappa shape index (κ1) is 18.6. The van der Waals surface area contributed by atoms with Gasteiger partial charge in [0.15, 0.2) is 0 Å². The molecule has 0 saturated carbocycles. The second kappa shape index (κ2) is 7.13. The van der Waals surface area contributed by atoms with Crippen LogP contribution in [0.4, 0.5) is 5.69 Å². The number of carbonyl (C=O) groups is 2. The summed E-state index contributed by atoms with van der Waals surface area (Å²) in [6.07, 6.45) is 4.36. The quantitative estimate of drug-likeness (QED) is 0.662. The SMILES string of the molecule is CN1C(=O)[C@@](CC(=O)N2CC(n3cccn3)C2)(Cc2ccccc2)c2ccccc21. The number of rotatable bonds is 5. The number of likely N-dealkylation sites (tertiary alicyclic amines) is 1. The lowest BCUT2D eigenvalue weighted by atomic mass is 9.73. The van der Waals surface area contributed by atoms with Gasteiger partial charge in [-0.05, 0) is 29.7 Å². The Bertz CT molecular complexity index is 1070. The van der Waals surface area contributed by atoms with Gasteiger partial charge in [0.2, 0.25) is 11.8 Å². The number of aromatic nitrogens is 2. The highest BCUT2D eigenvalue weighted by Crippen LogP contribution is 2.46. The van der Waals surface area contributed by atoms with Gasteiger partial charge in [-0.25, -0.2) is 0 Å². The molecule has 0 radical (unpaired) electrons. The van der Waals surface area contributed by atoms with Crippen molar-refractivity contribution in [1.82, 2.24) is 14.7 Å². The zero-order valence-electron chi connectivity index (χ0n) is 16.9. The molecule has 3 aromatic rings. The van der Waals surface area contributed by atoms with E-state index in [1.54, 1.807) is 18.1 Å². The standard InChI is InChI=1S/C24H24N4O2/c1-26-21-11-6-5-10-20(21)24(23(26)30,14-18-8-3-2-4-9-18)15-22(29)27-16-19(17-27)28-13-7-12-25-28/h2-13,19H,14-17H2,1H3/t24-/m1/s1. The molecule has 2 aliphatic heterocycles. The van der Waals surface area contributed by atoms with Crippen molar-refractivity contribution in [2.75, 3.05) is 25.0 Å². The number of hydrogen-bond donors (Lipinski definition) is 0. The van der Waals surface area contributed by atoms with Crippen molar-refractivity contribution in [1.29, 1.82) is 0 Å². The van der Waals surface area contributed by atoms with Crippen molar-refractivity contribution in [3.8, 4) is 0 Å². The first-order valence-electron chi connectivity index (χ1n) is 10.3. The van der Waals surface area contributed by atoms with Gasteiger partial charge in [-0.2, -0.15) is 5.10 Å². The first-order chi connectivity index (χ1) is 14.6. The van der Waals surface area contributed by atoms with E-state index in [4.69, 9.17) is 0 Å². The van der Waals surface area contributed by atoms with E-state index < -0.39 is 5.41 Å². The van der Waals surface area contributed by atoms with Crippen molar-refractivity contribution >= 4 is 17.5 Å². The van der Waals surface area contributed by atoms with Gasteiger partial charge in [0, 0.05) is 44.6 Å². The third-order valence-electron chi connectivity index (χ3n) is 6.41. The van der Waals surface area contributed by atoms with Crippen molar-refractivity contribution < 1.29 is 9.59 Å². The smallest absolute Gasteiger partial charge is 0.238 e. The summed E-state index contributed by atoms with van der Waals surface area (Å²) in [6.45, 7) is 1.27. The molecule has 1 saturated heterocycles. The molecular formula is C24H24N4O2. The predicted molar refractivity (Wildman–Crippen MR) is 114 cm³/mol. The maximum atomic E-state index is 13.5. The molecule has 0 unspecified atom stereocenters. The van der Waals surface area contributed by atoms with Gasteiger partial charge in [-0.15, -0.1) is 0 Å². The zero-order chi connectivity index (χ0) is 20.7. The minimum absolute atomic E-state index is 0.00921. The van der Waals surface area contributed by atoms with E-state index in [0.717, 1.165) is 16.8 Å². The molecule has 6 heteroatoms. The van der Waals surface area contributed by atoms with Crippen LogP contribution >= 0.6 is 0 Å². The second-order valence-corrected chi connectivity index (χ2v) is 8.24. The maximum Gasteiger partial charge on any atom is 0.238 e. The summed E-state index contributed by atoms with van der Waals surface area (Å²) >= 11 is 0. The Kier molecular flexibility index (Phi) is 4.42. The largest absolute Gasteiger partial charge is 0.338 e. The average Bonchev–Trinajstić information content (AvgIpc) is 3.31. The molecule has 2 aromatic carbocycles. The molecule has 1 fully saturated rings. The molecule has 30 heavy (non-hydrogen) atoms. The minimum atomic E-state index is -0.874. The van der Waals surface area contributed by atoms with Gasteiger partial charge in [-0.3, -0.25) is 14.3 Å². The molecule has 3 heterocycles. The van der Waals surface area contributed by atoms with Gasteiger partial charge < -0.3 is 9.80 Å². The van der Waals surface area contributed by atoms with Crippen LogP contribution in [0.2, 0.25) is 0 Å². The second-order valence-electron chi connectivity index (χ2n) is 8.24. The summed E-state index contributed by atoms with van der Waals surface area (Å²) < 4.78 is 1.90. The number of fused-ring (bicyclic) bond motifs is 1. The van der Waals surface area contributed by atoms with Crippen LogP contribution in [0, 0.1) is 0 Å². The number of anilines is 1. The summed E-state index contributed by atoms with van der Waals surface area (Å²) in [7, 11) is 1.80. The predicted octanol–water partition coefficient (Wildman–Crippen LogP) is 2.81. The van der Waals surface area contributed by atoms with E-state index in [2.05, 4.69) is 5.10 Å². The number of amides is 2. The van der Waals surface area contributed by atoms with Gasteiger partial charge in [0.25, 0.3) is 0 Å². The van der Waals surface area contributed by atoms with E-state index >= 15 is 0 Å². The lowest BCUT2D eigenvalue weighted by molar-refractivity contribution is -0.141. The summed E-state index contributed by atoms with van der Waals surface area (Å²) in [4.78, 5) is 30.4. The van der Waals surface area contributed by atoms with Crippen LogP contribution in [0.25, 0.3) is 0 Å². The van der Waals surface area contributed by atoms with Crippen molar-refractivity contribution in [3.63, 3.8) is 0 Å². The van der Waals surface area contributed by atoms with Gasteiger partial charge in [0.1, 0.15) is 0 Å². The van der Waals surface area contributed by atoms with Crippen LogP contribution < -0.4 is 4.90 Å². The summed E-state index contributed by atoms with van der Waals surface area (Å²) in [5.41, 5.74) is 2.02. The van der Waals surface area contributed by atoms with Crippen LogP contribution in [0.3, 0.4) is 0 Å². The molecule has 0 aliphatic carbocycles. The number of para-hydroxylation sites is 1. The third-order valence-corrected chi connectivity index (χ3v) is 6.41. The summed E-state index contributed by atoms with van der Waals surface area (Å²) in [5, 5.41) is 4.27. The highest BCUT2D eigenvalue weighted by molar-refractivity contribution is 6.10. The molecule has 0 bridgehead atoms. The molecule has 0 spiro atoms. The van der Waals surface area contributed by atoms with Crippen LogP contribution in [-0.2, 0) is 21.4 Å². The number of benzene rings is 2. The van der Waals surface area contributed by atoms with Crippen LogP contribution in [-0.4, -0.2) is 46.6 Å². The van der Waals surface area contributed by atoms with E-state index in [9.17, 15) is 9.59 Å². The molecule has 0 N–H and O–H groups in total. The molecule has 2 amide bonds. The Morgan fingerprint density at radius 2 is 1.80 bits per heavy atom. The normalized spacial score (nSPS) is 20.9. The first-order valence-corrected chi connectivity index (χ1v) is 10.3. The van der Waals surface area contributed by atoms with E-state index in [0.29, 0.717) is 19.5 Å². The fourth-order valence-electron chi connectivity index (χ4n) is 4.76. The lowest BCUT2D eigenvalue weighted by Crippen LogP contribution is -2.53. The average molecular weight is 400 g/mol. The Balaban J connectivity index is 1.44. The molecule has 2 aliphatic rings. The molecule has 6 nitrogen and oxygen atoms in total. The fourth-order valence-corrected chi connectivity index (χ4v) is 4.76. The third kappa shape index (κ3) is 2.91. The Labute approximate surface area is 175 Å². The molecule has 5 rings (SSSR count). The topological polar surface area (TPSA) is 58.4 Å². The minimum Gasteiger partial charge on any atom is -0.338 e. The number of hydrogen-bond acceptors (Lipinski definition) is 3. The highest BCUT2D eigenvalue weighted by Gasteiger charge is 2.51. The lowest BCUT2D eigenvalue weighted by Gasteiger charge is -2.41. The van der Waals surface area contributed by atoms with Crippen LogP contribution in [0.15, 0.2) is 73.1 Å². The number of likely N-dealkylation sites (N-methyl/N-ethyl adjacent to an activating group) is 1. The molecular weight excluding hydrogens is 376 g/mol. The van der Waals surface area contributed by atoms with Crippen molar-refractivity contribution in [3.05, 3.63) is 84.2 Å². The van der Waals surface area contributed by atoms with Crippen molar-refractivity contribution in [2.45, 2.75) is 24.3 Å². The van der Waals surface area contributed by atoms with E-state index in [1.165, 1.54) is 0 Å². The number of nitrogens with zero attached hydrogens (tertiary/aromatic N) is 4. The fraction of sp³-hybridized carbons (Fsp3) is 0.292. The Morgan fingerprint density at radius 3 is 2.53 bits per heavy atom. The monoisotopic (exact) mass is 400 g/mol. The van der Waals surface area contributed by atoms with Crippen molar-refractivity contribution in [2.24, 2.45) is 0 Å². The van der Waals surface area contributed by atoms with Gasteiger partial charge in [0.05, 0.1) is 11.5 Å². The zero-order valence-corrected chi connectivity index (χ0v) is 16.9. The summed E-state index contributed by atoms with van der Waals surface area (Å²) in [5.74, 6) is 0.0119. The molecule has 1 atom stereocenters. The Hall–Kier alpha value is -3.41. The van der Waals surface area contributed by atoms with Gasteiger partial charge >= 0.3 is 0 Å². The number of carbonyl (C=O) groups excluding carboxylic acids is 2. The van der Waals surface area contributed by atoms with E-state index in [-0.39, 0.29) is 24.3 Å². The summed E-state index contributed by atoms with van der Waals surface area (Å²) in [6, 6.07) is 19.9. The van der Waals surface area contributed by atoms with E-state index in [1.807, 2.05) is 76.4 Å².